The molecule has 0 radical (unpaired) electrons. The topological polar surface area (TPSA) is 112 Å². The van der Waals surface area contributed by atoms with E-state index in [-0.39, 0.29) is 24.0 Å². The summed E-state index contributed by atoms with van der Waals surface area (Å²) in [5.41, 5.74) is 4.95. The highest BCUT2D eigenvalue weighted by molar-refractivity contribution is 5.98. The molecular weight excluding hydrogens is 252 g/mol. The zero-order valence-electron chi connectivity index (χ0n) is 10.1. The summed E-state index contributed by atoms with van der Waals surface area (Å²) < 4.78 is 9.76. The fourth-order valence-electron chi connectivity index (χ4n) is 2.05. The zero-order valence-corrected chi connectivity index (χ0v) is 10.1. The Morgan fingerprint density at radius 3 is 2.89 bits per heavy atom. The molecule has 1 aromatic heterocycles. The summed E-state index contributed by atoms with van der Waals surface area (Å²) in [7, 11) is 0. The summed E-state index contributed by atoms with van der Waals surface area (Å²) >= 11 is 0. The van der Waals surface area contributed by atoms with Crippen LogP contribution in [0.2, 0.25) is 0 Å². The van der Waals surface area contributed by atoms with Crippen LogP contribution in [-0.2, 0) is 9.53 Å². The molecule has 1 aliphatic heterocycles. The Bertz CT molecular complexity index is 482. The van der Waals surface area contributed by atoms with Crippen molar-refractivity contribution in [3.63, 3.8) is 0 Å². The minimum atomic E-state index is -1.10. The molecule has 2 atom stereocenters. The summed E-state index contributed by atoms with van der Waals surface area (Å²) in [6.07, 6.45) is -0.102. The van der Waals surface area contributed by atoms with Crippen LogP contribution in [0.25, 0.3) is 0 Å². The first-order valence-electron chi connectivity index (χ1n) is 5.89. The maximum absolute atomic E-state index is 12.1. The second kappa shape index (κ2) is 5.55. The third kappa shape index (κ3) is 3.12. The van der Waals surface area contributed by atoms with Crippen LogP contribution in [0.5, 0.6) is 0 Å². The number of nitrogens with two attached hydrogens (primary N) is 1. The maximum Gasteiger partial charge on any atom is 0.405 e. The summed E-state index contributed by atoms with van der Waals surface area (Å²) in [6, 6.07) is 3.02. The molecule has 0 saturated carbocycles. The standard InChI is InChI=1S/C12H14N2O5/c13-12(17)19-9(6-7-3-4-14-11(7)16)10(15)8-2-1-5-18-8/h1-2,5,7,9H,3-4,6H2,(H2,13,17)(H,14,16). The number of carbonyl (C=O) groups is 3. The molecule has 2 heterocycles. The molecule has 0 spiro atoms. The lowest BCUT2D eigenvalue weighted by molar-refractivity contribution is -0.123. The van der Waals surface area contributed by atoms with E-state index in [0.717, 1.165) is 0 Å². The SMILES string of the molecule is NC(=O)OC(CC1CCNC1=O)C(=O)c1ccco1. The van der Waals surface area contributed by atoms with Crippen molar-refractivity contribution in [2.75, 3.05) is 6.54 Å². The van der Waals surface area contributed by atoms with Crippen LogP contribution in [0.3, 0.4) is 0 Å². The first-order valence-corrected chi connectivity index (χ1v) is 5.89. The molecule has 19 heavy (non-hydrogen) atoms. The smallest absolute Gasteiger partial charge is 0.405 e. The van der Waals surface area contributed by atoms with Gasteiger partial charge in [-0.05, 0) is 18.6 Å². The number of primary amides is 1. The molecule has 0 bridgehead atoms. The number of hydrogen-bond acceptors (Lipinski definition) is 5. The molecule has 3 N–H and O–H groups in total. The van der Waals surface area contributed by atoms with Crippen molar-refractivity contribution in [3.8, 4) is 0 Å². The van der Waals surface area contributed by atoms with Crippen molar-refractivity contribution in [2.45, 2.75) is 18.9 Å². The molecule has 2 rings (SSSR count). The van der Waals surface area contributed by atoms with Gasteiger partial charge in [0, 0.05) is 18.9 Å². The fourth-order valence-corrected chi connectivity index (χ4v) is 2.05. The van der Waals surface area contributed by atoms with Crippen LogP contribution in [0, 0.1) is 5.92 Å². The highest BCUT2D eigenvalue weighted by atomic mass is 16.6. The van der Waals surface area contributed by atoms with Crippen molar-refractivity contribution in [2.24, 2.45) is 11.7 Å². The Balaban J connectivity index is 2.09. The van der Waals surface area contributed by atoms with Crippen LogP contribution in [-0.4, -0.2) is 30.4 Å². The predicted molar refractivity (Wildman–Crippen MR) is 63.2 cm³/mol. The van der Waals surface area contributed by atoms with Gasteiger partial charge in [0.15, 0.2) is 11.9 Å². The Hall–Kier alpha value is -2.31. The molecule has 0 aliphatic carbocycles. The van der Waals surface area contributed by atoms with Crippen LogP contribution in [0.4, 0.5) is 4.79 Å². The first kappa shape index (κ1) is 13.1. The molecule has 7 nitrogen and oxygen atoms in total. The molecular formula is C12H14N2O5. The largest absolute Gasteiger partial charge is 0.461 e. The number of ether oxygens (including phenoxy) is 1. The van der Waals surface area contributed by atoms with Gasteiger partial charge < -0.3 is 20.2 Å². The quantitative estimate of drug-likeness (QED) is 0.751. The number of amides is 2. The van der Waals surface area contributed by atoms with E-state index in [2.05, 4.69) is 5.32 Å². The lowest BCUT2D eigenvalue weighted by Crippen LogP contribution is -2.33. The van der Waals surface area contributed by atoms with Gasteiger partial charge in [-0.2, -0.15) is 0 Å². The van der Waals surface area contributed by atoms with Crippen LogP contribution >= 0.6 is 0 Å². The summed E-state index contributed by atoms with van der Waals surface area (Å²) in [5.74, 6) is -0.929. The minimum absolute atomic E-state index is 0.0738. The average Bonchev–Trinajstić information content (AvgIpc) is 2.99. The van der Waals surface area contributed by atoms with E-state index >= 15 is 0 Å². The van der Waals surface area contributed by atoms with E-state index < -0.39 is 18.0 Å². The van der Waals surface area contributed by atoms with Gasteiger partial charge in [-0.3, -0.25) is 9.59 Å². The van der Waals surface area contributed by atoms with Gasteiger partial charge in [0.1, 0.15) is 0 Å². The van der Waals surface area contributed by atoms with E-state index in [1.807, 2.05) is 0 Å². The van der Waals surface area contributed by atoms with E-state index in [0.29, 0.717) is 13.0 Å². The number of hydrogen-bond donors (Lipinski definition) is 2. The highest BCUT2D eigenvalue weighted by Crippen LogP contribution is 2.20. The molecule has 2 unspecified atom stereocenters. The van der Waals surface area contributed by atoms with Crippen molar-refractivity contribution in [1.29, 1.82) is 0 Å². The van der Waals surface area contributed by atoms with Gasteiger partial charge in [-0.25, -0.2) is 4.79 Å². The minimum Gasteiger partial charge on any atom is -0.461 e. The van der Waals surface area contributed by atoms with Gasteiger partial charge in [0.2, 0.25) is 11.7 Å². The third-order valence-corrected chi connectivity index (χ3v) is 2.98. The Kier molecular flexibility index (Phi) is 3.84. The second-order valence-corrected chi connectivity index (χ2v) is 4.28. The molecule has 1 fully saturated rings. The Labute approximate surface area is 109 Å². The summed E-state index contributed by atoms with van der Waals surface area (Å²) in [6.45, 7) is 0.557. The van der Waals surface area contributed by atoms with Gasteiger partial charge >= 0.3 is 6.09 Å². The highest BCUT2D eigenvalue weighted by Gasteiger charge is 2.33. The lowest BCUT2D eigenvalue weighted by Gasteiger charge is -2.16. The number of carbonyl (C=O) groups excluding carboxylic acids is 3. The second-order valence-electron chi connectivity index (χ2n) is 4.28. The number of Topliss-reactive ketones (excluding diaryl/α,β-unsaturated/α-hetero) is 1. The number of furan rings is 1. The first-order chi connectivity index (χ1) is 9.08. The molecule has 0 aromatic carbocycles. The predicted octanol–water partition coefficient (Wildman–Crippen LogP) is 0.452. The van der Waals surface area contributed by atoms with Crippen molar-refractivity contribution >= 4 is 17.8 Å². The molecule has 1 aliphatic rings. The van der Waals surface area contributed by atoms with E-state index in [4.69, 9.17) is 14.9 Å². The Morgan fingerprint density at radius 2 is 2.37 bits per heavy atom. The molecule has 1 saturated heterocycles. The molecule has 2 amide bonds. The van der Waals surface area contributed by atoms with Crippen molar-refractivity contribution in [3.05, 3.63) is 24.2 Å². The zero-order chi connectivity index (χ0) is 13.8. The average molecular weight is 266 g/mol. The number of nitrogens with one attached hydrogen (secondary N) is 1. The van der Waals surface area contributed by atoms with Crippen LogP contribution in [0.15, 0.2) is 22.8 Å². The molecule has 102 valence electrons. The maximum atomic E-state index is 12.1. The fraction of sp³-hybridized carbons (Fsp3) is 0.417. The summed E-state index contributed by atoms with van der Waals surface area (Å²) in [4.78, 5) is 34.4. The van der Waals surface area contributed by atoms with Gasteiger partial charge in [0.05, 0.1) is 6.26 Å². The van der Waals surface area contributed by atoms with Gasteiger partial charge in [0.25, 0.3) is 0 Å². The molecule has 1 aromatic rings. The number of ketones is 1. The van der Waals surface area contributed by atoms with E-state index in [9.17, 15) is 14.4 Å². The molecule has 7 heteroatoms. The number of rotatable bonds is 5. The lowest BCUT2D eigenvalue weighted by atomic mass is 9.97. The van der Waals surface area contributed by atoms with E-state index in [1.54, 1.807) is 6.07 Å². The van der Waals surface area contributed by atoms with E-state index in [1.165, 1.54) is 12.3 Å². The van der Waals surface area contributed by atoms with Crippen LogP contribution in [0.1, 0.15) is 23.4 Å². The van der Waals surface area contributed by atoms with Crippen molar-refractivity contribution in [1.82, 2.24) is 5.32 Å². The third-order valence-electron chi connectivity index (χ3n) is 2.98. The van der Waals surface area contributed by atoms with Gasteiger partial charge in [-0.1, -0.05) is 0 Å². The normalized spacial score (nSPS) is 19.8. The van der Waals surface area contributed by atoms with Gasteiger partial charge in [-0.15, -0.1) is 0 Å². The van der Waals surface area contributed by atoms with Crippen LogP contribution < -0.4 is 11.1 Å². The van der Waals surface area contributed by atoms with Crippen molar-refractivity contribution < 1.29 is 23.5 Å². The monoisotopic (exact) mass is 266 g/mol. The summed E-state index contributed by atoms with van der Waals surface area (Å²) in [5, 5.41) is 2.66. The Morgan fingerprint density at radius 1 is 1.58 bits per heavy atom.